The Morgan fingerprint density at radius 1 is 1.47 bits per heavy atom. The summed E-state index contributed by atoms with van der Waals surface area (Å²) in [5.41, 5.74) is 12.3. The molecule has 2 rings (SSSR count). The van der Waals surface area contributed by atoms with E-state index in [0.717, 1.165) is 5.56 Å². The van der Waals surface area contributed by atoms with E-state index in [1.165, 1.54) is 0 Å². The average molecular weight is 208 g/mol. The summed E-state index contributed by atoms with van der Waals surface area (Å²) in [4.78, 5) is 0. The fraction of sp³-hybridized carbons (Fsp3) is 0.333. The summed E-state index contributed by atoms with van der Waals surface area (Å²) in [5.74, 6) is 0.554. The maximum Gasteiger partial charge on any atom is 0.495 e. The molecule has 1 aromatic rings. The van der Waals surface area contributed by atoms with Crippen LogP contribution in [-0.4, -0.2) is 25.4 Å². The van der Waals surface area contributed by atoms with E-state index in [4.69, 9.17) is 20.9 Å². The Hall–Kier alpha value is -1.08. The van der Waals surface area contributed by atoms with Crippen LogP contribution in [0.4, 0.5) is 0 Å². The molecule has 1 aliphatic rings. The second-order valence-electron chi connectivity index (χ2n) is 3.28. The topological polar surface area (TPSA) is 90.7 Å². The van der Waals surface area contributed by atoms with E-state index in [9.17, 15) is 5.02 Å². The van der Waals surface area contributed by atoms with Gasteiger partial charge in [-0.15, -0.1) is 0 Å². The summed E-state index contributed by atoms with van der Waals surface area (Å²) in [5, 5.41) is 9.69. The first-order valence-electron chi connectivity index (χ1n) is 4.77. The van der Waals surface area contributed by atoms with Gasteiger partial charge in [0.1, 0.15) is 12.5 Å². The van der Waals surface area contributed by atoms with Crippen LogP contribution in [0.5, 0.6) is 5.75 Å². The lowest BCUT2D eigenvalue weighted by Crippen LogP contribution is -2.30. The number of rotatable bonds is 3. The summed E-state index contributed by atoms with van der Waals surface area (Å²) >= 11 is 0. The Labute approximate surface area is 88.1 Å². The minimum atomic E-state index is -0.976. The molecule has 0 aromatic heterocycles. The molecular formula is C9H13BN2O3. The smallest absolute Gasteiger partial charge is 0.479 e. The lowest BCUT2D eigenvalue weighted by molar-refractivity contribution is 0.198. The quantitative estimate of drug-likeness (QED) is 0.424. The maximum atomic E-state index is 9.69. The fourth-order valence-electron chi connectivity index (χ4n) is 1.80. The number of ether oxygens (including phenoxy) is 1. The molecule has 5 nitrogen and oxygen atoms in total. The van der Waals surface area contributed by atoms with Gasteiger partial charge in [0.05, 0.1) is 6.10 Å². The zero-order valence-corrected chi connectivity index (χ0v) is 8.22. The van der Waals surface area contributed by atoms with Gasteiger partial charge in [0.25, 0.3) is 0 Å². The summed E-state index contributed by atoms with van der Waals surface area (Å²) < 4.78 is 10.5. The molecule has 1 unspecified atom stereocenters. The van der Waals surface area contributed by atoms with Crippen molar-refractivity contribution in [3.8, 4) is 5.75 Å². The minimum Gasteiger partial charge on any atom is -0.479 e. The van der Waals surface area contributed by atoms with Crippen molar-refractivity contribution in [3.63, 3.8) is 0 Å². The van der Waals surface area contributed by atoms with Gasteiger partial charge in [0.2, 0.25) is 0 Å². The van der Waals surface area contributed by atoms with E-state index in [1.807, 2.05) is 12.1 Å². The van der Waals surface area contributed by atoms with Crippen molar-refractivity contribution in [1.82, 2.24) is 0 Å². The van der Waals surface area contributed by atoms with Crippen molar-refractivity contribution >= 4 is 12.6 Å². The summed E-state index contributed by atoms with van der Waals surface area (Å²) in [6.45, 7) is 0.395. The van der Waals surface area contributed by atoms with Crippen LogP contribution in [0, 0.1) is 0 Å². The largest absolute Gasteiger partial charge is 0.495 e. The molecule has 1 aliphatic heterocycles. The van der Waals surface area contributed by atoms with Gasteiger partial charge in [0.15, 0.2) is 0 Å². The highest BCUT2D eigenvalue weighted by Gasteiger charge is 2.36. The molecule has 1 atom stereocenters. The molecule has 1 aromatic carbocycles. The zero-order valence-electron chi connectivity index (χ0n) is 8.22. The number of hydrogen-bond donors (Lipinski definition) is 3. The van der Waals surface area contributed by atoms with E-state index < -0.39 is 7.12 Å². The lowest BCUT2D eigenvalue weighted by Gasteiger charge is -2.09. The Balaban J connectivity index is 2.42. The third-order valence-corrected chi connectivity index (χ3v) is 2.44. The van der Waals surface area contributed by atoms with E-state index >= 15 is 0 Å². The van der Waals surface area contributed by atoms with Gasteiger partial charge in [-0.25, -0.2) is 0 Å². The second kappa shape index (κ2) is 4.20. The van der Waals surface area contributed by atoms with Gasteiger partial charge in [-0.1, -0.05) is 12.1 Å². The summed E-state index contributed by atoms with van der Waals surface area (Å²) in [7, 11) is -0.976. The van der Waals surface area contributed by atoms with Gasteiger partial charge >= 0.3 is 7.12 Å². The molecule has 1 heterocycles. The lowest BCUT2D eigenvalue weighted by atomic mass is 9.78. The van der Waals surface area contributed by atoms with Crippen LogP contribution < -0.4 is 21.7 Å². The van der Waals surface area contributed by atoms with Crippen LogP contribution in [0.3, 0.4) is 0 Å². The molecule has 0 saturated heterocycles. The maximum absolute atomic E-state index is 9.69. The molecule has 0 bridgehead atoms. The SMILES string of the molecule is NCOc1cccc2c1B(O)OC2CN. The molecule has 0 radical (unpaired) electrons. The summed E-state index contributed by atoms with van der Waals surface area (Å²) in [6.07, 6.45) is -0.267. The molecule has 5 N–H and O–H groups in total. The van der Waals surface area contributed by atoms with Crippen molar-refractivity contribution in [3.05, 3.63) is 23.8 Å². The third kappa shape index (κ3) is 1.72. The minimum absolute atomic E-state index is 0.0659. The van der Waals surface area contributed by atoms with E-state index in [1.54, 1.807) is 6.07 Å². The van der Waals surface area contributed by atoms with Crippen molar-refractivity contribution in [2.45, 2.75) is 6.10 Å². The average Bonchev–Trinajstić information content (AvgIpc) is 2.57. The van der Waals surface area contributed by atoms with Crippen molar-refractivity contribution in [2.24, 2.45) is 11.5 Å². The van der Waals surface area contributed by atoms with Gasteiger partial charge in [0, 0.05) is 12.0 Å². The van der Waals surface area contributed by atoms with Crippen molar-refractivity contribution in [1.29, 1.82) is 0 Å². The van der Waals surface area contributed by atoms with Gasteiger partial charge < -0.3 is 20.1 Å². The molecule has 6 heteroatoms. The predicted octanol–water partition coefficient (Wildman–Crippen LogP) is -1.30. The fourth-order valence-corrected chi connectivity index (χ4v) is 1.80. The highest BCUT2D eigenvalue weighted by molar-refractivity contribution is 6.62. The second-order valence-corrected chi connectivity index (χ2v) is 3.28. The predicted molar refractivity (Wildman–Crippen MR) is 56.6 cm³/mol. The van der Waals surface area contributed by atoms with Crippen molar-refractivity contribution in [2.75, 3.05) is 13.3 Å². The molecule has 80 valence electrons. The molecule has 0 spiro atoms. The first-order chi connectivity index (χ1) is 7.27. The van der Waals surface area contributed by atoms with Crippen LogP contribution in [0.25, 0.3) is 0 Å². The van der Waals surface area contributed by atoms with Gasteiger partial charge in [-0.3, -0.25) is 5.73 Å². The molecule has 0 aliphatic carbocycles. The van der Waals surface area contributed by atoms with Crippen molar-refractivity contribution < 1.29 is 14.4 Å². The number of benzene rings is 1. The van der Waals surface area contributed by atoms with E-state index in [2.05, 4.69) is 0 Å². The van der Waals surface area contributed by atoms with Crippen LogP contribution in [0.1, 0.15) is 11.7 Å². The van der Waals surface area contributed by atoms with E-state index in [0.29, 0.717) is 17.8 Å². The molecular weight excluding hydrogens is 195 g/mol. The normalized spacial score (nSPS) is 19.1. The monoisotopic (exact) mass is 208 g/mol. The molecule has 0 saturated carbocycles. The van der Waals surface area contributed by atoms with Crippen LogP contribution in [-0.2, 0) is 4.65 Å². The number of nitrogens with two attached hydrogens (primary N) is 2. The van der Waals surface area contributed by atoms with Crippen LogP contribution in [0.2, 0.25) is 0 Å². The van der Waals surface area contributed by atoms with Crippen LogP contribution in [0.15, 0.2) is 18.2 Å². The van der Waals surface area contributed by atoms with Gasteiger partial charge in [-0.05, 0) is 11.6 Å². The Kier molecular flexibility index (Phi) is 2.92. The first kappa shape index (κ1) is 10.4. The Bertz CT molecular complexity index is 361. The third-order valence-electron chi connectivity index (χ3n) is 2.44. The Morgan fingerprint density at radius 2 is 2.27 bits per heavy atom. The molecule has 0 amide bonds. The zero-order chi connectivity index (χ0) is 10.8. The summed E-state index contributed by atoms with van der Waals surface area (Å²) in [6, 6.07) is 5.44. The molecule has 0 fully saturated rings. The Morgan fingerprint density at radius 3 is 2.93 bits per heavy atom. The standard InChI is InChI=1S/C9H13BN2O3/c11-4-8-6-2-1-3-7(14-5-12)9(6)10(13)15-8/h1-3,8,13H,4-5,11-12H2. The number of hydrogen-bond acceptors (Lipinski definition) is 5. The highest BCUT2D eigenvalue weighted by Crippen LogP contribution is 2.26. The van der Waals surface area contributed by atoms with E-state index in [-0.39, 0.29) is 12.8 Å². The van der Waals surface area contributed by atoms with Crippen LogP contribution >= 0.6 is 0 Å². The highest BCUT2D eigenvalue weighted by atomic mass is 16.5. The number of fused-ring (bicyclic) bond motifs is 1. The first-order valence-corrected chi connectivity index (χ1v) is 4.77. The van der Waals surface area contributed by atoms with Gasteiger partial charge in [-0.2, -0.15) is 0 Å². The molecule has 15 heavy (non-hydrogen) atoms.